The number of nitrogens with one attached hydrogen (secondary N) is 1. The summed E-state index contributed by atoms with van der Waals surface area (Å²) in [6.07, 6.45) is 2.19. The Bertz CT molecular complexity index is 594. The van der Waals surface area contributed by atoms with Gasteiger partial charge in [-0.1, -0.05) is 11.8 Å². The van der Waals surface area contributed by atoms with E-state index < -0.39 is 0 Å². The smallest absolute Gasteiger partial charge is 0.252 e. The van der Waals surface area contributed by atoms with Crippen LogP contribution in [0.4, 0.5) is 0 Å². The first-order chi connectivity index (χ1) is 9.29. The van der Waals surface area contributed by atoms with Gasteiger partial charge in [0.15, 0.2) is 0 Å². The van der Waals surface area contributed by atoms with Crippen LogP contribution in [-0.4, -0.2) is 22.6 Å². The molecule has 0 radical (unpaired) electrons. The van der Waals surface area contributed by atoms with Gasteiger partial charge < -0.3 is 10.4 Å². The summed E-state index contributed by atoms with van der Waals surface area (Å²) in [4.78, 5) is 17.7. The van der Waals surface area contributed by atoms with Crippen molar-refractivity contribution in [3.8, 4) is 11.8 Å². The standard InChI is InChI=1S/C13H12N2O2S2/c16-4-2-1-3-11-5-10(8-18-11)13(17)15-7-12-6-14-9-19-12/h5-6,8-9,16H,2,4,7H2,(H,15,17). The van der Waals surface area contributed by atoms with Gasteiger partial charge in [-0.25, -0.2) is 0 Å². The molecule has 0 spiro atoms. The summed E-state index contributed by atoms with van der Waals surface area (Å²) in [6.45, 7) is 0.547. The van der Waals surface area contributed by atoms with E-state index in [1.807, 2.05) is 0 Å². The summed E-state index contributed by atoms with van der Waals surface area (Å²) in [5.74, 6) is 5.63. The zero-order chi connectivity index (χ0) is 13.5. The van der Waals surface area contributed by atoms with Crippen LogP contribution in [0, 0.1) is 11.8 Å². The average molecular weight is 292 g/mol. The van der Waals surface area contributed by atoms with E-state index in [2.05, 4.69) is 22.1 Å². The van der Waals surface area contributed by atoms with Gasteiger partial charge in [0.1, 0.15) is 0 Å². The number of aliphatic hydroxyl groups is 1. The predicted molar refractivity (Wildman–Crippen MR) is 76.2 cm³/mol. The van der Waals surface area contributed by atoms with E-state index in [0.717, 1.165) is 9.75 Å². The first-order valence-corrected chi connectivity index (χ1v) is 7.39. The van der Waals surface area contributed by atoms with Crippen LogP contribution >= 0.6 is 22.7 Å². The third-order valence-corrected chi connectivity index (χ3v) is 3.84. The van der Waals surface area contributed by atoms with Gasteiger partial charge in [-0.2, -0.15) is 0 Å². The molecule has 2 heterocycles. The second-order valence-electron chi connectivity index (χ2n) is 3.63. The number of thiazole rings is 1. The van der Waals surface area contributed by atoms with Gasteiger partial charge in [0.2, 0.25) is 0 Å². The molecule has 0 aromatic carbocycles. The molecule has 0 unspecified atom stereocenters. The lowest BCUT2D eigenvalue weighted by atomic mass is 10.3. The zero-order valence-corrected chi connectivity index (χ0v) is 11.7. The number of thiophene rings is 1. The minimum atomic E-state index is -0.111. The molecule has 0 atom stereocenters. The van der Waals surface area contributed by atoms with Crippen molar-refractivity contribution in [1.29, 1.82) is 0 Å². The number of hydrogen-bond acceptors (Lipinski definition) is 5. The van der Waals surface area contributed by atoms with Gasteiger partial charge in [0, 0.05) is 22.9 Å². The summed E-state index contributed by atoms with van der Waals surface area (Å²) in [5.41, 5.74) is 2.35. The quantitative estimate of drug-likeness (QED) is 0.846. The molecule has 4 nitrogen and oxygen atoms in total. The Balaban J connectivity index is 1.91. The van der Waals surface area contributed by atoms with Crippen molar-refractivity contribution in [2.24, 2.45) is 0 Å². The Kier molecular flexibility index (Phi) is 5.10. The van der Waals surface area contributed by atoms with E-state index in [4.69, 9.17) is 5.11 Å². The SMILES string of the molecule is O=C(NCc1cncs1)c1csc(C#CCCO)c1. The van der Waals surface area contributed by atoms with Crippen LogP contribution < -0.4 is 5.32 Å². The molecule has 0 bridgehead atoms. The maximum absolute atomic E-state index is 11.9. The molecule has 19 heavy (non-hydrogen) atoms. The molecule has 2 N–H and O–H groups in total. The molecule has 0 aliphatic rings. The number of carbonyl (C=O) groups is 1. The number of hydrogen-bond donors (Lipinski definition) is 2. The summed E-state index contributed by atoms with van der Waals surface area (Å²) in [5, 5.41) is 13.2. The van der Waals surface area contributed by atoms with Crippen molar-refractivity contribution < 1.29 is 9.90 Å². The van der Waals surface area contributed by atoms with Crippen molar-refractivity contribution in [3.05, 3.63) is 38.5 Å². The molecule has 98 valence electrons. The molecule has 2 aromatic heterocycles. The fraction of sp³-hybridized carbons (Fsp3) is 0.231. The maximum atomic E-state index is 11.9. The van der Waals surface area contributed by atoms with E-state index >= 15 is 0 Å². The van der Waals surface area contributed by atoms with Crippen molar-refractivity contribution >= 4 is 28.6 Å². The Hall–Kier alpha value is -1.68. The molecule has 0 aliphatic carbocycles. The second-order valence-corrected chi connectivity index (χ2v) is 5.51. The summed E-state index contributed by atoms with van der Waals surface area (Å²) in [7, 11) is 0. The van der Waals surface area contributed by atoms with Gasteiger partial charge >= 0.3 is 0 Å². The van der Waals surface area contributed by atoms with Gasteiger partial charge in [-0.05, 0) is 6.07 Å². The summed E-state index contributed by atoms with van der Waals surface area (Å²) < 4.78 is 0. The second kappa shape index (κ2) is 7.04. The molecule has 0 saturated heterocycles. The van der Waals surface area contributed by atoms with Crippen LogP contribution in [0.1, 0.15) is 26.5 Å². The highest BCUT2D eigenvalue weighted by atomic mass is 32.1. The van der Waals surface area contributed by atoms with E-state index in [9.17, 15) is 4.79 Å². The van der Waals surface area contributed by atoms with Gasteiger partial charge in [0.05, 0.1) is 29.1 Å². The third kappa shape index (κ3) is 4.17. The minimum Gasteiger partial charge on any atom is -0.395 e. The fourth-order valence-electron chi connectivity index (χ4n) is 1.33. The van der Waals surface area contributed by atoms with Crippen LogP contribution in [0.15, 0.2) is 23.2 Å². The predicted octanol–water partition coefficient (Wildman–Crippen LogP) is 1.87. The number of rotatable bonds is 4. The van der Waals surface area contributed by atoms with Gasteiger partial charge in [-0.3, -0.25) is 9.78 Å². The highest BCUT2D eigenvalue weighted by Crippen LogP contribution is 2.14. The molecule has 0 fully saturated rings. The number of nitrogens with zero attached hydrogens (tertiary/aromatic N) is 1. The van der Waals surface area contributed by atoms with Crippen molar-refractivity contribution in [2.45, 2.75) is 13.0 Å². The first kappa shape index (κ1) is 13.7. The van der Waals surface area contributed by atoms with Gasteiger partial charge in [0.25, 0.3) is 5.91 Å². The highest BCUT2D eigenvalue weighted by Gasteiger charge is 2.07. The molecule has 0 saturated carbocycles. The van der Waals surface area contributed by atoms with Crippen LogP contribution in [0.5, 0.6) is 0 Å². The Morgan fingerprint density at radius 2 is 2.37 bits per heavy atom. The topological polar surface area (TPSA) is 62.2 Å². The van der Waals surface area contributed by atoms with Crippen LogP contribution in [0.2, 0.25) is 0 Å². The molecule has 1 amide bonds. The molecule has 2 rings (SSSR count). The third-order valence-electron chi connectivity index (χ3n) is 2.22. The van der Waals surface area contributed by atoms with E-state index in [1.54, 1.807) is 23.2 Å². The minimum absolute atomic E-state index is 0.0561. The van der Waals surface area contributed by atoms with Crippen LogP contribution in [-0.2, 0) is 6.54 Å². The largest absolute Gasteiger partial charge is 0.395 e. The van der Waals surface area contributed by atoms with E-state index in [1.165, 1.54) is 22.7 Å². The molecular formula is C13H12N2O2S2. The summed E-state index contributed by atoms with van der Waals surface area (Å²) in [6, 6.07) is 1.76. The molecule has 0 aliphatic heterocycles. The van der Waals surface area contributed by atoms with Crippen LogP contribution in [0.25, 0.3) is 0 Å². The lowest BCUT2D eigenvalue weighted by molar-refractivity contribution is 0.0951. The lowest BCUT2D eigenvalue weighted by Gasteiger charge is -2.00. The highest BCUT2D eigenvalue weighted by molar-refractivity contribution is 7.10. The van der Waals surface area contributed by atoms with E-state index in [-0.39, 0.29) is 12.5 Å². The Morgan fingerprint density at radius 1 is 1.47 bits per heavy atom. The van der Waals surface area contributed by atoms with Crippen molar-refractivity contribution in [2.75, 3.05) is 6.61 Å². The molecular weight excluding hydrogens is 280 g/mol. The normalized spacial score (nSPS) is 9.74. The van der Waals surface area contributed by atoms with Gasteiger partial charge in [-0.15, -0.1) is 22.7 Å². The zero-order valence-electron chi connectivity index (χ0n) is 10.0. The van der Waals surface area contributed by atoms with Crippen molar-refractivity contribution in [3.63, 3.8) is 0 Å². The average Bonchev–Trinajstić information content (AvgIpc) is 3.07. The lowest BCUT2D eigenvalue weighted by Crippen LogP contribution is -2.21. The number of aliphatic hydroxyl groups excluding tert-OH is 1. The maximum Gasteiger partial charge on any atom is 0.252 e. The van der Waals surface area contributed by atoms with Crippen molar-refractivity contribution in [1.82, 2.24) is 10.3 Å². The summed E-state index contributed by atoms with van der Waals surface area (Å²) >= 11 is 2.94. The number of amides is 1. The number of aromatic nitrogens is 1. The Morgan fingerprint density at radius 3 is 3.11 bits per heavy atom. The van der Waals surface area contributed by atoms with E-state index in [0.29, 0.717) is 18.5 Å². The Labute approximate surface area is 119 Å². The first-order valence-electron chi connectivity index (χ1n) is 5.63. The van der Waals surface area contributed by atoms with Crippen LogP contribution in [0.3, 0.4) is 0 Å². The molecule has 2 aromatic rings. The monoisotopic (exact) mass is 292 g/mol. The molecule has 6 heteroatoms. The number of carbonyl (C=O) groups excluding carboxylic acids is 1. The fourth-order valence-corrected chi connectivity index (χ4v) is 2.61.